The van der Waals surface area contributed by atoms with Crippen molar-refractivity contribution >= 4 is 39.3 Å². The van der Waals surface area contributed by atoms with Gasteiger partial charge in [0, 0.05) is 0 Å². The normalized spacial score (nSPS) is 14.9. The predicted molar refractivity (Wildman–Crippen MR) is 175 cm³/mol. The van der Waals surface area contributed by atoms with Gasteiger partial charge in [0.25, 0.3) is 5.56 Å². The molecule has 5 rings (SSSR count). The Bertz CT molecular complexity index is 1820. The molecule has 0 bridgehead atoms. The second-order valence-corrected chi connectivity index (χ2v) is 12.6. The van der Waals surface area contributed by atoms with Crippen molar-refractivity contribution in [1.82, 2.24) is 4.57 Å². The standard InChI is InChI=1S/C35H35BrN2O4S/c1-5-10-28-31(34(40)41-6-2)32(26-16-14-25(15-17-26)22(3)4)38-33(39)30(43-35(38)37-28)20-24-13-18-29(27(36)19-24)42-21-23-11-8-7-9-12-23/h7-9,11-20,22,32H,5-6,10,21H2,1-4H3/b30-20-/t32-/m0/s1. The Morgan fingerprint density at radius 2 is 1.81 bits per heavy atom. The molecule has 222 valence electrons. The van der Waals surface area contributed by atoms with Crippen LogP contribution in [0.1, 0.15) is 74.8 Å². The van der Waals surface area contributed by atoms with Gasteiger partial charge in [0.05, 0.1) is 32.9 Å². The average molecular weight is 660 g/mol. The number of carbonyl (C=O) groups excluding carboxylic acids is 1. The summed E-state index contributed by atoms with van der Waals surface area (Å²) < 4.78 is 14.5. The number of fused-ring (bicyclic) bond motifs is 1. The quantitative estimate of drug-likeness (QED) is 0.171. The van der Waals surface area contributed by atoms with Gasteiger partial charge in [-0.1, -0.05) is 99.2 Å². The van der Waals surface area contributed by atoms with E-state index in [-0.39, 0.29) is 12.2 Å². The van der Waals surface area contributed by atoms with Gasteiger partial charge in [0.1, 0.15) is 12.4 Å². The van der Waals surface area contributed by atoms with E-state index in [0.717, 1.165) is 33.3 Å². The first-order chi connectivity index (χ1) is 20.8. The molecule has 3 aromatic carbocycles. The first-order valence-electron chi connectivity index (χ1n) is 14.6. The molecule has 0 amide bonds. The van der Waals surface area contributed by atoms with Crippen LogP contribution in [0.2, 0.25) is 0 Å². The molecule has 1 atom stereocenters. The molecule has 0 saturated heterocycles. The van der Waals surface area contributed by atoms with E-state index in [1.54, 1.807) is 11.5 Å². The predicted octanol–water partition coefficient (Wildman–Crippen LogP) is 7.04. The van der Waals surface area contributed by atoms with Crippen LogP contribution in [0.5, 0.6) is 5.75 Å². The molecule has 8 heteroatoms. The second-order valence-electron chi connectivity index (χ2n) is 10.7. The minimum Gasteiger partial charge on any atom is -0.488 e. The number of halogens is 1. The van der Waals surface area contributed by atoms with E-state index in [4.69, 9.17) is 14.5 Å². The van der Waals surface area contributed by atoms with Crippen molar-refractivity contribution in [1.29, 1.82) is 0 Å². The maximum Gasteiger partial charge on any atom is 0.338 e. The number of carbonyl (C=O) groups is 1. The van der Waals surface area contributed by atoms with Crippen molar-refractivity contribution in [3.05, 3.63) is 130 Å². The zero-order valence-corrected chi connectivity index (χ0v) is 27.2. The number of allylic oxidation sites excluding steroid dienone is 1. The molecule has 2 heterocycles. The van der Waals surface area contributed by atoms with Crippen LogP contribution in [0.15, 0.2) is 98.3 Å². The van der Waals surface area contributed by atoms with Gasteiger partial charge in [-0.25, -0.2) is 9.79 Å². The molecule has 1 aromatic heterocycles. The molecule has 0 fully saturated rings. The van der Waals surface area contributed by atoms with Crippen LogP contribution in [0, 0.1) is 0 Å². The number of thiazole rings is 1. The third kappa shape index (κ3) is 6.76. The smallest absolute Gasteiger partial charge is 0.338 e. The van der Waals surface area contributed by atoms with Crippen LogP contribution in [0.4, 0.5) is 0 Å². The molecule has 43 heavy (non-hydrogen) atoms. The van der Waals surface area contributed by atoms with Crippen molar-refractivity contribution in [2.45, 2.75) is 59.1 Å². The fourth-order valence-corrected chi connectivity index (χ4v) is 6.64. The number of hydrogen-bond donors (Lipinski definition) is 0. The van der Waals surface area contributed by atoms with Gasteiger partial charge >= 0.3 is 5.97 Å². The highest BCUT2D eigenvalue weighted by Gasteiger charge is 2.34. The fraction of sp³-hybridized carbons (Fsp3) is 0.286. The molecule has 0 saturated carbocycles. The lowest BCUT2D eigenvalue weighted by Gasteiger charge is -2.26. The zero-order valence-electron chi connectivity index (χ0n) is 24.8. The van der Waals surface area contributed by atoms with E-state index in [0.29, 0.717) is 39.5 Å². The number of aromatic nitrogens is 1. The molecule has 0 unspecified atom stereocenters. The summed E-state index contributed by atoms with van der Waals surface area (Å²) in [5.74, 6) is 0.647. The van der Waals surface area contributed by atoms with E-state index >= 15 is 0 Å². The van der Waals surface area contributed by atoms with Crippen molar-refractivity contribution in [2.24, 2.45) is 4.99 Å². The molecule has 0 aliphatic carbocycles. The van der Waals surface area contributed by atoms with Crippen LogP contribution < -0.4 is 19.6 Å². The number of nitrogens with zero attached hydrogens (tertiary/aromatic N) is 2. The summed E-state index contributed by atoms with van der Waals surface area (Å²) in [6, 6.07) is 23.3. The summed E-state index contributed by atoms with van der Waals surface area (Å²) >= 11 is 4.96. The molecule has 0 N–H and O–H groups in total. The lowest BCUT2D eigenvalue weighted by atomic mass is 9.92. The third-order valence-corrected chi connectivity index (χ3v) is 8.90. The Labute approximate surface area is 264 Å². The summed E-state index contributed by atoms with van der Waals surface area (Å²) in [5, 5.41) is 0. The monoisotopic (exact) mass is 658 g/mol. The third-order valence-electron chi connectivity index (χ3n) is 7.30. The second kappa shape index (κ2) is 13.7. The van der Waals surface area contributed by atoms with Gasteiger partial charge in [-0.05, 0) is 75.7 Å². The Morgan fingerprint density at radius 3 is 2.47 bits per heavy atom. The van der Waals surface area contributed by atoms with Crippen LogP contribution >= 0.6 is 27.3 Å². The lowest BCUT2D eigenvalue weighted by Crippen LogP contribution is -2.40. The maximum absolute atomic E-state index is 14.0. The Balaban J connectivity index is 1.58. The van der Waals surface area contributed by atoms with Crippen LogP contribution in [0.3, 0.4) is 0 Å². The van der Waals surface area contributed by atoms with Crippen molar-refractivity contribution < 1.29 is 14.3 Å². The summed E-state index contributed by atoms with van der Waals surface area (Å²) in [6.45, 7) is 8.82. The van der Waals surface area contributed by atoms with Gasteiger partial charge < -0.3 is 9.47 Å². The number of benzene rings is 3. The number of rotatable bonds is 10. The van der Waals surface area contributed by atoms with E-state index in [1.165, 1.54) is 16.9 Å². The highest BCUT2D eigenvalue weighted by Crippen LogP contribution is 2.33. The molecule has 1 aliphatic heterocycles. The maximum atomic E-state index is 14.0. The molecular weight excluding hydrogens is 624 g/mol. The highest BCUT2D eigenvalue weighted by atomic mass is 79.9. The number of hydrogen-bond acceptors (Lipinski definition) is 6. The van der Waals surface area contributed by atoms with Gasteiger partial charge in [0.15, 0.2) is 4.80 Å². The highest BCUT2D eigenvalue weighted by molar-refractivity contribution is 9.10. The van der Waals surface area contributed by atoms with Crippen LogP contribution in [-0.4, -0.2) is 17.1 Å². The van der Waals surface area contributed by atoms with Crippen LogP contribution in [0.25, 0.3) is 6.08 Å². The van der Waals surface area contributed by atoms with Crippen molar-refractivity contribution in [3.8, 4) is 5.75 Å². The fourth-order valence-electron chi connectivity index (χ4n) is 5.11. The molecule has 4 aromatic rings. The number of ether oxygens (including phenoxy) is 2. The average Bonchev–Trinajstić information content (AvgIpc) is 3.31. The molecular formula is C35H35BrN2O4S. The topological polar surface area (TPSA) is 69.9 Å². The molecule has 0 radical (unpaired) electrons. The zero-order chi connectivity index (χ0) is 30.5. The summed E-state index contributed by atoms with van der Waals surface area (Å²) in [7, 11) is 0. The van der Waals surface area contributed by atoms with Gasteiger partial charge in [0.2, 0.25) is 0 Å². The van der Waals surface area contributed by atoms with Gasteiger partial charge in [-0.15, -0.1) is 0 Å². The molecule has 1 aliphatic rings. The van der Waals surface area contributed by atoms with Gasteiger partial charge in [-0.2, -0.15) is 0 Å². The lowest BCUT2D eigenvalue weighted by molar-refractivity contribution is -0.139. The van der Waals surface area contributed by atoms with E-state index < -0.39 is 12.0 Å². The van der Waals surface area contributed by atoms with E-state index in [1.807, 2.05) is 66.7 Å². The van der Waals surface area contributed by atoms with Crippen molar-refractivity contribution in [2.75, 3.05) is 6.61 Å². The minimum atomic E-state index is -0.624. The number of esters is 1. The molecule has 6 nitrogen and oxygen atoms in total. The Morgan fingerprint density at radius 1 is 1.07 bits per heavy atom. The molecule has 0 spiro atoms. The van der Waals surface area contributed by atoms with E-state index in [9.17, 15) is 9.59 Å². The van der Waals surface area contributed by atoms with Gasteiger partial charge in [-0.3, -0.25) is 9.36 Å². The van der Waals surface area contributed by atoms with E-state index in [2.05, 4.69) is 48.8 Å². The largest absolute Gasteiger partial charge is 0.488 e. The Hall–Kier alpha value is -3.75. The van der Waals surface area contributed by atoms with Crippen molar-refractivity contribution in [3.63, 3.8) is 0 Å². The Kier molecular flexibility index (Phi) is 9.78. The first kappa shape index (κ1) is 30.7. The van der Waals surface area contributed by atoms with Crippen LogP contribution in [-0.2, 0) is 16.1 Å². The minimum absolute atomic E-state index is 0.195. The SMILES string of the molecule is CCCC1=C(C(=O)OCC)[C@H](c2ccc(C(C)C)cc2)n2c(s/c(=C\c3ccc(OCc4ccccc4)c(Br)c3)c2=O)=N1. The summed E-state index contributed by atoms with van der Waals surface area (Å²) in [5.41, 5.74) is 4.88. The first-order valence-corrected chi connectivity index (χ1v) is 16.2. The summed E-state index contributed by atoms with van der Waals surface area (Å²) in [6.07, 6.45) is 3.28. The summed E-state index contributed by atoms with van der Waals surface area (Å²) in [4.78, 5) is 32.9.